The molecule has 2 atom stereocenters. The van der Waals surface area contributed by atoms with Crippen molar-refractivity contribution >= 4 is 0 Å². The van der Waals surface area contributed by atoms with Crippen LogP contribution >= 0.6 is 0 Å². The summed E-state index contributed by atoms with van der Waals surface area (Å²) in [7, 11) is 0. The van der Waals surface area contributed by atoms with Gasteiger partial charge < -0.3 is 5.32 Å². The van der Waals surface area contributed by atoms with E-state index in [1.807, 2.05) is 12.4 Å². The van der Waals surface area contributed by atoms with Gasteiger partial charge in [-0.15, -0.1) is 0 Å². The number of rotatable bonds is 5. The number of nitrogens with one attached hydrogen (secondary N) is 1. The molecule has 0 amide bonds. The molecule has 1 aromatic rings. The molecule has 0 radical (unpaired) electrons. The number of nitrogens with zero attached hydrogens (tertiary/aromatic N) is 1. The van der Waals surface area contributed by atoms with Gasteiger partial charge in [0.1, 0.15) is 0 Å². The molecule has 2 rings (SSSR count). The monoisotopic (exact) mass is 190 g/mol. The van der Waals surface area contributed by atoms with Gasteiger partial charge in [0.05, 0.1) is 0 Å². The highest BCUT2D eigenvalue weighted by Gasteiger charge is 2.37. The minimum absolute atomic E-state index is 0.794. The maximum Gasteiger partial charge on any atom is 0.0270 e. The first-order valence-electron chi connectivity index (χ1n) is 5.52. The van der Waals surface area contributed by atoms with Crippen LogP contribution in [0.2, 0.25) is 0 Å². The van der Waals surface area contributed by atoms with Crippen LogP contribution in [0, 0.1) is 5.92 Å². The summed E-state index contributed by atoms with van der Waals surface area (Å²) < 4.78 is 0. The summed E-state index contributed by atoms with van der Waals surface area (Å²) in [6.07, 6.45) is 6.36. The van der Waals surface area contributed by atoms with Crippen LogP contribution in [0.25, 0.3) is 0 Å². The highest BCUT2D eigenvalue weighted by atomic mass is 14.9. The Hall–Kier alpha value is -0.890. The van der Waals surface area contributed by atoms with Gasteiger partial charge in [-0.3, -0.25) is 4.98 Å². The molecule has 1 aliphatic rings. The highest BCUT2D eigenvalue weighted by molar-refractivity contribution is 5.23. The molecule has 0 aromatic carbocycles. The largest absolute Gasteiger partial charge is 0.316 e. The quantitative estimate of drug-likeness (QED) is 0.720. The van der Waals surface area contributed by atoms with E-state index < -0.39 is 0 Å². The van der Waals surface area contributed by atoms with Crippen LogP contribution in [0.3, 0.4) is 0 Å². The van der Waals surface area contributed by atoms with Crippen LogP contribution in [0.4, 0.5) is 0 Å². The Morgan fingerprint density at radius 2 is 2.21 bits per heavy atom. The van der Waals surface area contributed by atoms with E-state index in [9.17, 15) is 0 Å². The van der Waals surface area contributed by atoms with Crippen molar-refractivity contribution in [2.45, 2.75) is 25.7 Å². The molecule has 14 heavy (non-hydrogen) atoms. The zero-order valence-corrected chi connectivity index (χ0v) is 8.74. The maximum atomic E-state index is 4.04. The first-order valence-corrected chi connectivity index (χ1v) is 5.52. The van der Waals surface area contributed by atoms with Gasteiger partial charge in [0.2, 0.25) is 0 Å². The van der Waals surface area contributed by atoms with Crippen molar-refractivity contribution < 1.29 is 0 Å². The summed E-state index contributed by atoms with van der Waals surface area (Å²) in [5.74, 6) is 1.66. The van der Waals surface area contributed by atoms with Crippen molar-refractivity contribution in [3.63, 3.8) is 0 Å². The minimum Gasteiger partial charge on any atom is -0.316 e. The van der Waals surface area contributed by atoms with Crippen molar-refractivity contribution in [1.29, 1.82) is 0 Å². The van der Waals surface area contributed by atoms with Gasteiger partial charge in [-0.05, 0) is 55.5 Å². The van der Waals surface area contributed by atoms with Crippen molar-refractivity contribution in [3.8, 4) is 0 Å². The third kappa shape index (κ3) is 2.32. The second-order valence-electron chi connectivity index (χ2n) is 4.09. The van der Waals surface area contributed by atoms with E-state index in [1.54, 1.807) is 0 Å². The fourth-order valence-electron chi connectivity index (χ4n) is 1.96. The van der Waals surface area contributed by atoms with E-state index in [4.69, 9.17) is 0 Å². The van der Waals surface area contributed by atoms with Crippen molar-refractivity contribution in [2.24, 2.45) is 5.92 Å². The van der Waals surface area contributed by atoms with E-state index in [0.717, 1.165) is 18.4 Å². The zero-order valence-electron chi connectivity index (χ0n) is 8.74. The number of hydrogen-bond donors (Lipinski definition) is 1. The summed E-state index contributed by atoms with van der Waals surface area (Å²) in [6, 6.07) is 4.29. The van der Waals surface area contributed by atoms with Crippen molar-refractivity contribution in [1.82, 2.24) is 10.3 Å². The van der Waals surface area contributed by atoms with Gasteiger partial charge in [0.15, 0.2) is 0 Å². The first kappa shape index (κ1) is 9.66. The van der Waals surface area contributed by atoms with Crippen LogP contribution in [-0.2, 0) is 0 Å². The Labute approximate surface area is 85.7 Å². The molecule has 76 valence electrons. The van der Waals surface area contributed by atoms with Crippen LogP contribution in [-0.4, -0.2) is 18.1 Å². The molecular weight excluding hydrogens is 172 g/mol. The lowest BCUT2D eigenvalue weighted by Gasteiger charge is -2.01. The predicted molar refractivity (Wildman–Crippen MR) is 58.2 cm³/mol. The van der Waals surface area contributed by atoms with Crippen LogP contribution < -0.4 is 5.32 Å². The summed E-state index contributed by atoms with van der Waals surface area (Å²) in [4.78, 5) is 4.04. The van der Waals surface area contributed by atoms with E-state index in [2.05, 4.69) is 29.4 Å². The van der Waals surface area contributed by atoms with Gasteiger partial charge in [-0.1, -0.05) is 6.92 Å². The summed E-state index contributed by atoms with van der Waals surface area (Å²) >= 11 is 0. The summed E-state index contributed by atoms with van der Waals surface area (Å²) in [5.41, 5.74) is 1.46. The molecule has 2 unspecified atom stereocenters. The van der Waals surface area contributed by atoms with Crippen LogP contribution in [0.5, 0.6) is 0 Å². The zero-order chi connectivity index (χ0) is 9.80. The number of hydrogen-bond acceptors (Lipinski definition) is 2. The minimum atomic E-state index is 0.794. The van der Waals surface area contributed by atoms with Gasteiger partial charge in [-0.2, -0.15) is 0 Å². The Morgan fingerprint density at radius 1 is 1.43 bits per heavy atom. The summed E-state index contributed by atoms with van der Waals surface area (Å²) in [5, 5.41) is 3.48. The smallest absolute Gasteiger partial charge is 0.0270 e. The molecule has 0 saturated heterocycles. The average molecular weight is 190 g/mol. The third-order valence-electron chi connectivity index (χ3n) is 2.89. The van der Waals surface area contributed by atoms with Gasteiger partial charge in [0, 0.05) is 12.4 Å². The standard InChI is InChI=1S/C12H18N2/c1-2-5-14-9-11-8-12(11)10-3-6-13-7-4-10/h3-4,6-7,11-12,14H,2,5,8-9H2,1H3. The molecule has 0 spiro atoms. The Bertz CT molecular complexity index is 271. The van der Waals surface area contributed by atoms with E-state index in [-0.39, 0.29) is 0 Å². The lowest BCUT2D eigenvalue weighted by atomic mass is 10.1. The lowest BCUT2D eigenvalue weighted by molar-refractivity contribution is 0.620. The van der Waals surface area contributed by atoms with Crippen molar-refractivity contribution in [3.05, 3.63) is 30.1 Å². The molecule has 2 heteroatoms. The molecule has 2 nitrogen and oxygen atoms in total. The average Bonchev–Trinajstić information content (AvgIpc) is 2.99. The molecule has 1 aliphatic carbocycles. The van der Waals surface area contributed by atoms with E-state index in [1.165, 1.54) is 24.9 Å². The molecule has 1 saturated carbocycles. The molecular formula is C12H18N2. The molecule has 1 heterocycles. The highest BCUT2D eigenvalue weighted by Crippen LogP contribution is 2.46. The first-order chi connectivity index (χ1) is 6.92. The second kappa shape index (κ2) is 4.56. The summed E-state index contributed by atoms with van der Waals surface area (Å²) in [6.45, 7) is 4.54. The van der Waals surface area contributed by atoms with Gasteiger partial charge >= 0.3 is 0 Å². The molecule has 0 bridgehead atoms. The molecule has 1 N–H and O–H groups in total. The normalized spacial score (nSPS) is 24.9. The van der Waals surface area contributed by atoms with E-state index in [0.29, 0.717) is 0 Å². The SMILES string of the molecule is CCCNCC1CC1c1ccncc1. The Balaban J connectivity index is 1.76. The number of pyridine rings is 1. The molecule has 1 aromatic heterocycles. The molecule has 0 aliphatic heterocycles. The van der Waals surface area contributed by atoms with Gasteiger partial charge in [0.25, 0.3) is 0 Å². The van der Waals surface area contributed by atoms with Crippen LogP contribution in [0.1, 0.15) is 31.2 Å². The lowest BCUT2D eigenvalue weighted by Crippen LogP contribution is -2.17. The van der Waals surface area contributed by atoms with Gasteiger partial charge in [-0.25, -0.2) is 0 Å². The second-order valence-corrected chi connectivity index (χ2v) is 4.09. The maximum absolute atomic E-state index is 4.04. The number of aromatic nitrogens is 1. The Kier molecular flexibility index (Phi) is 3.14. The fraction of sp³-hybridized carbons (Fsp3) is 0.583. The van der Waals surface area contributed by atoms with Crippen molar-refractivity contribution in [2.75, 3.05) is 13.1 Å². The molecule has 1 fully saturated rings. The van der Waals surface area contributed by atoms with Crippen LogP contribution in [0.15, 0.2) is 24.5 Å². The van der Waals surface area contributed by atoms with E-state index >= 15 is 0 Å². The topological polar surface area (TPSA) is 24.9 Å². The third-order valence-corrected chi connectivity index (χ3v) is 2.89. The predicted octanol–water partition coefficient (Wildman–Crippen LogP) is 2.18. The Morgan fingerprint density at radius 3 is 2.93 bits per heavy atom. The fourth-order valence-corrected chi connectivity index (χ4v) is 1.96.